The number of fused-ring (bicyclic) bond motifs is 1. The first kappa shape index (κ1) is 15.5. The molecule has 2 aromatic heterocycles. The van der Waals surface area contributed by atoms with Gasteiger partial charge in [-0.15, -0.1) is 0 Å². The van der Waals surface area contributed by atoms with Crippen LogP contribution in [0.15, 0.2) is 48.9 Å². The highest BCUT2D eigenvalue weighted by atomic mass is 16.5. The molecule has 0 atom stereocenters. The Labute approximate surface area is 137 Å². The van der Waals surface area contributed by atoms with Crippen LogP contribution in [-0.2, 0) is 13.0 Å². The molecule has 0 N–H and O–H groups in total. The molecule has 0 aliphatic heterocycles. The molecule has 23 heavy (non-hydrogen) atoms. The number of rotatable bonds is 5. The molecule has 3 nitrogen and oxygen atoms in total. The second-order valence-corrected chi connectivity index (χ2v) is 6.03. The van der Waals surface area contributed by atoms with Crippen molar-refractivity contribution in [2.45, 2.75) is 39.7 Å². The normalized spacial score (nSPS) is 11.1. The number of hydrogen-bond acceptors (Lipinski definition) is 3. The summed E-state index contributed by atoms with van der Waals surface area (Å²) >= 11 is 0. The summed E-state index contributed by atoms with van der Waals surface area (Å²) in [6.07, 6.45) is 6.39. The van der Waals surface area contributed by atoms with Crippen LogP contribution in [0.5, 0.6) is 5.75 Å². The van der Waals surface area contributed by atoms with Gasteiger partial charge in [0.1, 0.15) is 12.4 Å². The fourth-order valence-corrected chi connectivity index (χ4v) is 2.83. The monoisotopic (exact) mass is 306 g/mol. The molecule has 118 valence electrons. The number of aromatic nitrogens is 2. The summed E-state index contributed by atoms with van der Waals surface area (Å²) < 4.78 is 5.92. The maximum absolute atomic E-state index is 5.92. The van der Waals surface area contributed by atoms with E-state index in [1.54, 1.807) is 12.4 Å². The van der Waals surface area contributed by atoms with Crippen LogP contribution in [0.25, 0.3) is 10.9 Å². The summed E-state index contributed by atoms with van der Waals surface area (Å²) in [5.41, 5.74) is 4.84. The van der Waals surface area contributed by atoms with E-state index in [1.165, 1.54) is 16.5 Å². The van der Waals surface area contributed by atoms with Gasteiger partial charge in [0, 0.05) is 29.5 Å². The Balaban J connectivity index is 2.03. The Morgan fingerprint density at radius 3 is 2.52 bits per heavy atom. The van der Waals surface area contributed by atoms with Gasteiger partial charge in [0.2, 0.25) is 0 Å². The molecule has 3 aromatic rings. The maximum Gasteiger partial charge on any atom is 0.122 e. The van der Waals surface area contributed by atoms with Crippen molar-refractivity contribution in [3.8, 4) is 5.75 Å². The van der Waals surface area contributed by atoms with Gasteiger partial charge >= 0.3 is 0 Å². The van der Waals surface area contributed by atoms with Crippen LogP contribution in [0.3, 0.4) is 0 Å². The first-order chi connectivity index (χ1) is 11.2. The molecular formula is C20H22N2O. The fraction of sp³-hybridized carbons (Fsp3) is 0.300. The Morgan fingerprint density at radius 2 is 1.83 bits per heavy atom. The third kappa shape index (κ3) is 3.34. The SMILES string of the molecule is CCc1cc(COc2ccncc2)c2nccc(C(C)C)c2c1. The van der Waals surface area contributed by atoms with E-state index in [-0.39, 0.29) is 0 Å². The van der Waals surface area contributed by atoms with E-state index in [1.807, 2.05) is 18.3 Å². The number of benzene rings is 1. The fourth-order valence-electron chi connectivity index (χ4n) is 2.83. The van der Waals surface area contributed by atoms with E-state index in [0.29, 0.717) is 12.5 Å². The van der Waals surface area contributed by atoms with Crippen molar-refractivity contribution in [1.29, 1.82) is 0 Å². The molecule has 1 aromatic carbocycles. The lowest BCUT2D eigenvalue weighted by Crippen LogP contribution is -2.01. The van der Waals surface area contributed by atoms with Crippen LogP contribution in [-0.4, -0.2) is 9.97 Å². The van der Waals surface area contributed by atoms with Crippen LogP contribution < -0.4 is 4.74 Å². The largest absolute Gasteiger partial charge is 0.489 e. The Bertz CT molecular complexity index is 797. The number of pyridine rings is 2. The summed E-state index contributed by atoms with van der Waals surface area (Å²) in [5.74, 6) is 1.30. The number of ether oxygens (including phenoxy) is 1. The molecular weight excluding hydrogens is 284 g/mol. The van der Waals surface area contributed by atoms with Crippen LogP contribution >= 0.6 is 0 Å². The molecule has 0 saturated carbocycles. The zero-order valence-corrected chi connectivity index (χ0v) is 13.9. The van der Waals surface area contributed by atoms with Gasteiger partial charge in [-0.25, -0.2) is 0 Å². The molecule has 0 saturated heterocycles. The van der Waals surface area contributed by atoms with E-state index in [4.69, 9.17) is 4.74 Å². The third-order valence-corrected chi connectivity index (χ3v) is 4.09. The zero-order valence-electron chi connectivity index (χ0n) is 13.9. The summed E-state index contributed by atoms with van der Waals surface area (Å²) in [7, 11) is 0. The van der Waals surface area contributed by atoms with Gasteiger partial charge < -0.3 is 4.74 Å². The standard InChI is InChI=1S/C20H22N2O/c1-4-15-11-16(13-23-17-5-8-21-9-6-17)20-19(12-15)18(14(2)3)7-10-22-20/h5-12,14H,4,13H2,1-3H3. The van der Waals surface area contributed by atoms with Gasteiger partial charge in [-0.05, 0) is 47.7 Å². The third-order valence-electron chi connectivity index (χ3n) is 4.09. The predicted molar refractivity (Wildman–Crippen MR) is 93.8 cm³/mol. The van der Waals surface area contributed by atoms with Crippen molar-refractivity contribution in [3.63, 3.8) is 0 Å². The molecule has 3 heteroatoms. The smallest absolute Gasteiger partial charge is 0.122 e. The summed E-state index contributed by atoms with van der Waals surface area (Å²) in [6.45, 7) is 7.14. The Hall–Kier alpha value is -2.42. The van der Waals surface area contributed by atoms with Crippen molar-refractivity contribution in [3.05, 3.63) is 65.6 Å². The highest BCUT2D eigenvalue weighted by molar-refractivity contribution is 5.86. The predicted octanol–water partition coefficient (Wildman–Crippen LogP) is 4.89. The van der Waals surface area contributed by atoms with Crippen molar-refractivity contribution >= 4 is 10.9 Å². The highest BCUT2D eigenvalue weighted by Crippen LogP contribution is 2.28. The van der Waals surface area contributed by atoms with Crippen molar-refractivity contribution < 1.29 is 4.74 Å². The lowest BCUT2D eigenvalue weighted by atomic mass is 9.95. The quantitative estimate of drug-likeness (QED) is 0.673. The molecule has 2 heterocycles. The van der Waals surface area contributed by atoms with Crippen molar-refractivity contribution in [2.75, 3.05) is 0 Å². The van der Waals surface area contributed by atoms with E-state index < -0.39 is 0 Å². The second kappa shape index (κ2) is 6.78. The van der Waals surface area contributed by atoms with E-state index in [9.17, 15) is 0 Å². The van der Waals surface area contributed by atoms with Crippen molar-refractivity contribution in [1.82, 2.24) is 9.97 Å². The minimum Gasteiger partial charge on any atom is -0.489 e. The molecule has 0 spiro atoms. The molecule has 0 aliphatic carbocycles. The van der Waals surface area contributed by atoms with Gasteiger partial charge in [-0.2, -0.15) is 0 Å². The molecule has 0 unspecified atom stereocenters. The van der Waals surface area contributed by atoms with Crippen LogP contribution in [0.2, 0.25) is 0 Å². The van der Waals surface area contributed by atoms with Crippen LogP contribution in [0.4, 0.5) is 0 Å². The van der Waals surface area contributed by atoms with Gasteiger partial charge in [-0.1, -0.05) is 26.8 Å². The lowest BCUT2D eigenvalue weighted by molar-refractivity contribution is 0.307. The first-order valence-electron chi connectivity index (χ1n) is 8.12. The molecule has 0 amide bonds. The second-order valence-electron chi connectivity index (χ2n) is 6.03. The average molecular weight is 306 g/mol. The maximum atomic E-state index is 5.92. The Morgan fingerprint density at radius 1 is 1.04 bits per heavy atom. The summed E-state index contributed by atoms with van der Waals surface area (Å²) in [5, 5.41) is 1.25. The minimum absolute atomic E-state index is 0.474. The average Bonchev–Trinajstić information content (AvgIpc) is 2.59. The van der Waals surface area contributed by atoms with Crippen molar-refractivity contribution in [2.24, 2.45) is 0 Å². The molecule has 0 fully saturated rings. The summed E-state index contributed by atoms with van der Waals surface area (Å²) in [6, 6.07) is 10.4. The number of nitrogens with zero attached hydrogens (tertiary/aromatic N) is 2. The van der Waals surface area contributed by atoms with E-state index in [2.05, 4.69) is 48.9 Å². The first-order valence-corrected chi connectivity index (χ1v) is 8.12. The van der Waals surface area contributed by atoms with Crippen LogP contribution in [0.1, 0.15) is 43.4 Å². The van der Waals surface area contributed by atoms with Gasteiger partial charge in [0.15, 0.2) is 0 Å². The van der Waals surface area contributed by atoms with Gasteiger partial charge in [0.25, 0.3) is 0 Å². The molecule has 3 rings (SSSR count). The van der Waals surface area contributed by atoms with Crippen LogP contribution in [0, 0.1) is 0 Å². The van der Waals surface area contributed by atoms with Gasteiger partial charge in [0.05, 0.1) is 5.52 Å². The summed E-state index contributed by atoms with van der Waals surface area (Å²) in [4.78, 5) is 8.64. The molecule has 0 aliphatic rings. The zero-order chi connectivity index (χ0) is 16.2. The van der Waals surface area contributed by atoms with E-state index in [0.717, 1.165) is 23.3 Å². The lowest BCUT2D eigenvalue weighted by Gasteiger charge is -2.14. The minimum atomic E-state index is 0.474. The number of aryl methyl sites for hydroxylation is 1. The topological polar surface area (TPSA) is 35.0 Å². The highest BCUT2D eigenvalue weighted by Gasteiger charge is 2.11. The Kier molecular flexibility index (Phi) is 4.56. The van der Waals surface area contributed by atoms with Gasteiger partial charge in [-0.3, -0.25) is 9.97 Å². The van der Waals surface area contributed by atoms with E-state index >= 15 is 0 Å². The molecule has 0 bridgehead atoms. The molecule has 0 radical (unpaired) electrons. The number of hydrogen-bond donors (Lipinski definition) is 0.